The van der Waals surface area contributed by atoms with Gasteiger partial charge in [0.25, 0.3) is 5.91 Å². The van der Waals surface area contributed by atoms with Gasteiger partial charge in [-0.25, -0.2) is 0 Å². The molecule has 1 aromatic heterocycles. The zero-order chi connectivity index (χ0) is 17.8. The van der Waals surface area contributed by atoms with Crippen molar-refractivity contribution in [1.82, 2.24) is 10.2 Å². The van der Waals surface area contributed by atoms with Crippen molar-refractivity contribution >= 4 is 35.0 Å². The molecule has 5 nitrogen and oxygen atoms in total. The van der Waals surface area contributed by atoms with Crippen molar-refractivity contribution in [1.29, 1.82) is 0 Å². The van der Waals surface area contributed by atoms with Crippen LogP contribution in [0, 0.1) is 5.92 Å². The topological polar surface area (TPSA) is 62.6 Å². The van der Waals surface area contributed by atoms with Crippen molar-refractivity contribution in [3.05, 3.63) is 58.0 Å². The van der Waals surface area contributed by atoms with E-state index in [2.05, 4.69) is 5.32 Å². The van der Waals surface area contributed by atoms with Crippen LogP contribution in [0.1, 0.15) is 28.8 Å². The molecule has 0 radical (unpaired) electrons. The van der Waals surface area contributed by atoms with Gasteiger partial charge in [-0.05, 0) is 36.6 Å². The third kappa shape index (κ3) is 4.35. The molecule has 1 fully saturated rings. The summed E-state index contributed by atoms with van der Waals surface area (Å²) in [5, 5.41) is 3.98. The summed E-state index contributed by atoms with van der Waals surface area (Å²) in [6.45, 7) is 1.39. The summed E-state index contributed by atoms with van der Waals surface area (Å²) in [5.74, 6) is -0.404. The second kappa shape index (κ2) is 7.93. The molecule has 0 aliphatic carbocycles. The van der Waals surface area contributed by atoms with Crippen LogP contribution in [-0.4, -0.2) is 29.8 Å². The first-order valence-corrected chi connectivity index (χ1v) is 8.83. The lowest BCUT2D eigenvalue weighted by Crippen LogP contribution is -2.45. The Balaban J connectivity index is 1.57. The number of nitrogens with zero attached hydrogens (tertiary/aromatic N) is 1. The molecule has 0 bridgehead atoms. The Morgan fingerprint density at radius 3 is 2.84 bits per heavy atom. The van der Waals surface area contributed by atoms with E-state index in [-0.39, 0.29) is 17.7 Å². The van der Waals surface area contributed by atoms with Crippen LogP contribution in [-0.2, 0) is 11.3 Å². The molecule has 2 aromatic rings. The number of likely N-dealkylation sites (tertiary alicyclic amines) is 1. The van der Waals surface area contributed by atoms with Gasteiger partial charge in [0, 0.05) is 29.7 Å². The Morgan fingerprint density at radius 1 is 1.28 bits per heavy atom. The van der Waals surface area contributed by atoms with Gasteiger partial charge >= 0.3 is 0 Å². The SMILES string of the molecule is O=C(NCc1ccc(Cl)cc1Cl)[C@@H]1CCCN(C(=O)c2ccoc2)C1. The third-order valence-corrected chi connectivity index (χ3v) is 4.90. The monoisotopic (exact) mass is 380 g/mol. The normalized spacial score (nSPS) is 17.4. The Labute approximate surface area is 155 Å². The second-order valence-corrected chi connectivity index (χ2v) is 6.90. The largest absolute Gasteiger partial charge is 0.472 e. The maximum absolute atomic E-state index is 12.5. The van der Waals surface area contributed by atoms with Gasteiger partial charge in [0.1, 0.15) is 6.26 Å². The van der Waals surface area contributed by atoms with Crippen molar-refractivity contribution in [3.63, 3.8) is 0 Å². The van der Waals surface area contributed by atoms with Crippen LogP contribution in [0.5, 0.6) is 0 Å². The van der Waals surface area contributed by atoms with E-state index in [1.807, 2.05) is 0 Å². The molecule has 3 rings (SSSR count). The maximum Gasteiger partial charge on any atom is 0.257 e. The average molecular weight is 381 g/mol. The lowest BCUT2D eigenvalue weighted by molar-refractivity contribution is -0.126. The number of halogens is 2. The fraction of sp³-hybridized carbons (Fsp3) is 0.333. The van der Waals surface area contributed by atoms with E-state index >= 15 is 0 Å². The zero-order valence-electron chi connectivity index (χ0n) is 13.5. The first kappa shape index (κ1) is 17.8. The van der Waals surface area contributed by atoms with Crippen molar-refractivity contribution in [3.8, 4) is 0 Å². The summed E-state index contributed by atoms with van der Waals surface area (Å²) in [5.41, 5.74) is 1.32. The van der Waals surface area contributed by atoms with Crippen LogP contribution in [0.3, 0.4) is 0 Å². The standard InChI is InChI=1S/C18H18Cl2N2O3/c19-15-4-3-12(16(20)8-15)9-21-17(23)13-2-1-6-22(10-13)18(24)14-5-7-25-11-14/h3-5,7-8,11,13H,1-2,6,9-10H2,(H,21,23)/t13-/m1/s1. The van der Waals surface area contributed by atoms with Gasteiger partial charge in [-0.1, -0.05) is 29.3 Å². The lowest BCUT2D eigenvalue weighted by atomic mass is 9.96. The molecule has 2 amide bonds. The highest BCUT2D eigenvalue weighted by molar-refractivity contribution is 6.35. The van der Waals surface area contributed by atoms with Crippen molar-refractivity contribution in [2.75, 3.05) is 13.1 Å². The number of hydrogen-bond donors (Lipinski definition) is 1. The zero-order valence-corrected chi connectivity index (χ0v) is 15.0. The highest BCUT2D eigenvalue weighted by Crippen LogP contribution is 2.22. The molecule has 1 atom stereocenters. The minimum Gasteiger partial charge on any atom is -0.472 e. The summed E-state index contributed by atoms with van der Waals surface area (Å²) in [6.07, 6.45) is 4.45. The fourth-order valence-electron chi connectivity index (χ4n) is 2.94. The minimum atomic E-state index is -0.226. The van der Waals surface area contributed by atoms with Crippen molar-refractivity contribution in [2.24, 2.45) is 5.92 Å². The quantitative estimate of drug-likeness (QED) is 0.878. The van der Waals surface area contributed by atoms with Crippen LogP contribution in [0.25, 0.3) is 0 Å². The molecule has 2 heterocycles. The van der Waals surface area contributed by atoms with Gasteiger partial charge in [-0.15, -0.1) is 0 Å². The van der Waals surface area contributed by atoms with Crippen molar-refractivity contribution < 1.29 is 14.0 Å². The molecule has 1 aliphatic heterocycles. The van der Waals surface area contributed by atoms with Gasteiger partial charge in [0.2, 0.25) is 5.91 Å². The first-order chi connectivity index (χ1) is 12.0. The molecular weight excluding hydrogens is 363 g/mol. The lowest BCUT2D eigenvalue weighted by Gasteiger charge is -2.31. The van der Waals surface area contributed by atoms with Crippen LogP contribution in [0.2, 0.25) is 10.0 Å². The van der Waals surface area contributed by atoms with E-state index in [9.17, 15) is 9.59 Å². The summed E-state index contributed by atoms with van der Waals surface area (Å²) >= 11 is 12.0. The number of rotatable bonds is 4. The molecule has 1 aliphatic rings. The molecule has 1 N–H and O–H groups in total. The fourth-order valence-corrected chi connectivity index (χ4v) is 3.41. The number of nitrogens with one attached hydrogen (secondary N) is 1. The smallest absolute Gasteiger partial charge is 0.257 e. The van der Waals surface area contributed by atoms with Crippen LogP contribution in [0.15, 0.2) is 41.2 Å². The third-order valence-electron chi connectivity index (χ3n) is 4.32. The van der Waals surface area contributed by atoms with Crippen LogP contribution < -0.4 is 5.32 Å². The molecule has 7 heteroatoms. The summed E-state index contributed by atoms with van der Waals surface area (Å²) < 4.78 is 4.96. The van der Waals surface area contributed by atoms with E-state index in [1.165, 1.54) is 12.5 Å². The Morgan fingerprint density at radius 2 is 2.12 bits per heavy atom. The number of piperidine rings is 1. The van der Waals surface area contributed by atoms with E-state index in [1.54, 1.807) is 29.2 Å². The molecule has 132 valence electrons. The van der Waals surface area contributed by atoms with E-state index in [0.29, 0.717) is 35.2 Å². The van der Waals surface area contributed by atoms with Crippen LogP contribution in [0.4, 0.5) is 0 Å². The molecule has 0 spiro atoms. The number of furan rings is 1. The number of carbonyl (C=O) groups is 2. The highest BCUT2D eigenvalue weighted by Gasteiger charge is 2.29. The van der Waals surface area contributed by atoms with Gasteiger partial charge in [0.15, 0.2) is 0 Å². The van der Waals surface area contributed by atoms with Crippen LogP contribution >= 0.6 is 23.2 Å². The molecular formula is C18H18Cl2N2O3. The van der Waals surface area contributed by atoms with Gasteiger partial charge in [-0.2, -0.15) is 0 Å². The number of carbonyl (C=O) groups excluding carboxylic acids is 2. The molecule has 0 saturated carbocycles. The van der Waals surface area contributed by atoms with Gasteiger partial charge in [0.05, 0.1) is 17.7 Å². The highest BCUT2D eigenvalue weighted by atomic mass is 35.5. The molecule has 1 saturated heterocycles. The van der Waals surface area contributed by atoms with E-state index in [4.69, 9.17) is 27.6 Å². The molecule has 0 unspecified atom stereocenters. The van der Waals surface area contributed by atoms with Gasteiger partial charge in [-0.3, -0.25) is 9.59 Å². The number of benzene rings is 1. The maximum atomic E-state index is 12.5. The molecule has 25 heavy (non-hydrogen) atoms. The number of amides is 2. The summed E-state index contributed by atoms with van der Waals surface area (Å²) in [7, 11) is 0. The Kier molecular flexibility index (Phi) is 5.66. The Bertz CT molecular complexity index is 762. The Hall–Kier alpha value is -1.98. The summed E-state index contributed by atoms with van der Waals surface area (Å²) in [4.78, 5) is 26.6. The summed E-state index contributed by atoms with van der Waals surface area (Å²) in [6, 6.07) is 6.81. The van der Waals surface area contributed by atoms with Crippen molar-refractivity contribution in [2.45, 2.75) is 19.4 Å². The predicted molar refractivity (Wildman–Crippen MR) is 95.6 cm³/mol. The predicted octanol–water partition coefficient (Wildman–Crippen LogP) is 3.76. The molecule has 1 aromatic carbocycles. The number of hydrogen-bond acceptors (Lipinski definition) is 3. The minimum absolute atomic E-state index is 0.0734. The average Bonchev–Trinajstić information content (AvgIpc) is 3.15. The van der Waals surface area contributed by atoms with Gasteiger partial charge < -0.3 is 14.6 Å². The van der Waals surface area contributed by atoms with E-state index < -0.39 is 0 Å². The second-order valence-electron chi connectivity index (χ2n) is 6.06. The van der Waals surface area contributed by atoms with E-state index in [0.717, 1.165) is 18.4 Å². The first-order valence-electron chi connectivity index (χ1n) is 8.07.